The maximum atomic E-state index is 12.8. The van der Waals surface area contributed by atoms with Crippen LogP contribution in [0.4, 0.5) is 0 Å². The van der Waals surface area contributed by atoms with Crippen molar-refractivity contribution in [2.45, 2.75) is 207 Å². The molecule has 1 heterocycles. The molecule has 2 atom stereocenters. The third-order valence-corrected chi connectivity index (χ3v) is 10.3. The smallest absolute Gasteiger partial charge is 0.243 e. The molecule has 0 bridgehead atoms. The molecule has 0 aromatic carbocycles. The van der Waals surface area contributed by atoms with E-state index in [1.54, 1.807) is 0 Å². The van der Waals surface area contributed by atoms with Crippen LogP contribution >= 0.6 is 0 Å². The summed E-state index contributed by atoms with van der Waals surface area (Å²) in [5.74, 6) is 0.0249. The van der Waals surface area contributed by atoms with Gasteiger partial charge in [-0.2, -0.15) is 0 Å². The molecule has 1 aliphatic rings. The summed E-state index contributed by atoms with van der Waals surface area (Å²) in [6.45, 7) is 15.7. The fourth-order valence-electron chi connectivity index (χ4n) is 6.97. The van der Waals surface area contributed by atoms with Crippen molar-refractivity contribution in [2.24, 2.45) is 0 Å². The van der Waals surface area contributed by atoms with Crippen molar-refractivity contribution in [1.82, 2.24) is 20.4 Å². The van der Waals surface area contributed by atoms with E-state index >= 15 is 0 Å². The maximum absolute atomic E-state index is 12.8. The molecule has 1 saturated heterocycles. The van der Waals surface area contributed by atoms with E-state index in [2.05, 4.69) is 48.1 Å². The normalized spacial score (nSPS) is 16.8. The highest BCUT2D eigenvalue weighted by molar-refractivity contribution is 5.96. The minimum Gasteiger partial charge on any atom is -0.343 e. The molecule has 0 spiro atoms. The van der Waals surface area contributed by atoms with Crippen molar-refractivity contribution in [3.63, 3.8) is 0 Å². The van der Waals surface area contributed by atoms with Gasteiger partial charge in [-0.1, -0.05) is 143 Å². The Morgan fingerprint density at radius 1 is 0.391 bits per heavy atom. The highest BCUT2D eigenvalue weighted by Crippen LogP contribution is 2.15. The Morgan fingerprint density at radius 2 is 0.674 bits per heavy atom. The molecule has 2 amide bonds. The van der Waals surface area contributed by atoms with Crippen LogP contribution < -0.4 is 10.6 Å². The molecule has 0 aromatic rings. The Labute approximate surface area is 287 Å². The zero-order chi connectivity index (χ0) is 33.5. The first-order chi connectivity index (χ1) is 22.5. The first-order valence-corrected chi connectivity index (χ1v) is 20.6. The van der Waals surface area contributed by atoms with E-state index in [0.29, 0.717) is 0 Å². The van der Waals surface area contributed by atoms with Crippen LogP contribution in [0, 0.1) is 0 Å². The predicted octanol–water partition coefficient (Wildman–Crippen LogP) is 9.80. The lowest BCUT2D eigenvalue weighted by Crippen LogP contribution is -2.61. The molecule has 0 radical (unpaired) electrons. The van der Waals surface area contributed by atoms with Crippen molar-refractivity contribution in [3.05, 3.63) is 0 Å². The van der Waals surface area contributed by atoms with E-state index in [0.717, 1.165) is 64.7 Å². The van der Waals surface area contributed by atoms with Crippen molar-refractivity contribution in [3.8, 4) is 0 Å². The number of hydrogen-bond acceptors (Lipinski definition) is 4. The number of amides is 2. The van der Waals surface area contributed by atoms with Crippen LogP contribution in [0.1, 0.15) is 195 Å². The average molecular weight is 649 g/mol. The molecular formula is C40H80N4O2. The van der Waals surface area contributed by atoms with Gasteiger partial charge in [-0.3, -0.25) is 9.59 Å². The van der Waals surface area contributed by atoms with Gasteiger partial charge in [0.25, 0.3) is 0 Å². The molecule has 6 heteroatoms. The second kappa shape index (κ2) is 31.1. The quantitative estimate of drug-likeness (QED) is 0.0682. The molecule has 272 valence electrons. The Bertz CT molecular complexity index is 675. The van der Waals surface area contributed by atoms with Crippen molar-refractivity contribution >= 4 is 11.8 Å². The van der Waals surface area contributed by atoms with Crippen LogP contribution in [0.25, 0.3) is 0 Å². The Balaban J connectivity index is 2.31. The molecule has 1 fully saturated rings. The lowest BCUT2D eigenvalue weighted by Gasteiger charge is -2.30. The van der Waals surface area contributed by atoms with Crippen LogP contribution in [-0.2, 0) is 9.59 Å². The fourth-order valence-corrected chi connectivity index (χ4v) is 6.97. The molecular weight excluding hydrogens is 568 g/mol. The second-order valence-electron chi connectivity index (χ2n) is 14.3. The monoisotopic (exact) mass is 649 g/mol. The Hall–Kier alpha value is -1.14. The molecule has 2 N–H and O–H groups in total. The average Bonchev–Trinajstić information content (AvgIpc) is 3.06. The Kier molecular flexibility index (Phi) is 29.0. The largest absolute Gasteiger partial charge is 0.343 e. The summed E-state index contributed by atoms with van der Waals surface area (Å²) in [5, 5.41) is 6.08. The molecule has 6 nitrogen and oxygen atoms in total. The van der Waals surface area contributed by atoms with Gasteiger partial charge in [0.05, 0.1) is 0 Å². The summed E-state index contributed by atoms with van der Waals surface area (Å²) in [5.41, 5.74) is 0. The third kappa shape index (κ3) is 23.2. The summed E-state index contributed by atoms with van der Waals surface area (Å²) in [6, 6.07) is -0.727. The molecule has 0 aromatic heterocycles. The van der Waals surface area contributed by atoms with Gasteiger partial charge in [0.1, 0.15) is 12.1 Å². The van der Waals surface area contributed by atoms with Gasteiger partial charge >= 0.3 is 0 Å². The molecule has 46 heavy (non-hydrogen) atoms. The van der Waals surface area contributed by atoms with Gasteiger partial charge < -0.3 is 20.4 Å². The fraction of sp³-hybridized carbons (Fsp3) is 0.950. The van der Waals surface area contributed by atoms with Crippen molar-refractivity contribution < 1.29 is 9.59 Å². The van der Waals surface area contributed by atoms with Gasteiger partial charge in [0.15, 0.2) is 0 Å². The second-order valence-corrected chi connectivity index (χ2v) is 14.3. The van der Waals surface area contributed by atoms with E-state index in [-0.39, 0.29) is 23.9 Å². The van der Waals surface area contributed by atoms with Crippen LogP contribution in [0.2, 0.25) is 0 Å². The number of rotatable bonds is 34. The number of nitrogens with one attached hydrogen (secondary N) is 2. The zero-order valence-corrected chi connectivity index (χ0v) is 31.5. The molecule has 1 rings (SSSR count). The van der Waals surface area contributed by atoms with Gasteiger partial charge in [-0.05, 0) is 90.6 Å². The number of hydrogen-bond donors (Lipinski definition) is 2. The minimum atomic E-state index is -0.364. The van der Waals surface area contributed by atoms with Crippen molar-refractivity contribution in [1.29, 1.82) is 0 Å². The van der Waals surface area contributed by atoms with Gasteiger partial charge in [-0.15, -0.1) is 0 Å². The number of carbonyl (C=O) groups excluding carboxylic acids is 2. The third-order valence-electron chi connectivity index (χ3n) is 10.3. The highest BCUT2D eigenvalue weighted by atomic mass is 16.2. The summed E-state index contributed by atoms with van der Waals surface area (Å²) < 4.78 is 0. The summed E-state index contributed by atoms with van der Waals surface area (Å²) in [4.78, 5) is 30.6. The van der Waals surface area contributed by atoms with E-state index in [4.69, 9.17) is 0 Å². The standard InChI is InChI=1S/C40H80N4O2/c1-5-9-11-13-15-17-19-21-23-27-34-44(35-28-24-22-20-18-16-14-12-10-6-2)36-30-26-32-38-40(46)41-37(39(45)42-38)31-25-29-33-43(7-3)8-4/h37-38H,5-36H2,1-4H3,(H,41,46)(H,42,45). The van der Waals surface area contributed by atoms with E-state index in [9.17, 15) is 9.59 Å². The first-order valence-electron chi connectivity index (χ1n) is 20.6. The summed E-state index contributed by atoms with van der Waals surface area (Å²) >= 11 is 0. The van der Waals surface area contributed by atoms with Crippen LogP contribution in [0.3, 0.4) is 0 Å². The number of nitrogens with zero attached hydrogens (tertiary/aromatic N) is 2. The topological polar surface area (TPSA) is 64.7 Å². The van der Waals surface area contributed by atoms with Gasteiger partial charge in [0, 0.05) is 0 Å². The molecule has 1 aliphatic heterocycles. The number of carbonyl (C=O) groups is 2. The van der Waals surface area contributed by atoms with Crippen LogP contribution in [0.15, 0.2) is 0 Å². The molecule has 2 unspecified atom stereocenters. The van der Waals surface area contributed by atoms with E-state index in [1.165, 1.54) is 142 Å². The maximum Gasteiger partial charge on any atom is 0.243 e. The minimum absolute atomic E-state index is 0.0102. The number of piperazine rings is 1. The number of unbranched alkanes of at least 4 members (excludes halogenated alkanes) is 20. The lowest BCUT2D eigenvalue weighted by molar-refractivity contribution is -0.137. The first kappa shape index (κ1) is 42.9. The predicted molar refractivity (Wildman–Crippen MR) is 199 cm³/mol. The molecule has 0 aliphatic carbocycles. The SMILES string of the molecule is CCCCCCCCCCCCN(CCCCCCCCCCCC)CCCCC1NC(=O)C(CCCCN(CC)CC)NC1=O. The summed E-state index contributed by atoms with van der Waals surface area (Å²) in [6.07, 6.45) is 33.3. The summed E-state index contributed by atoms with van der Waals surface area (Å²) in [7, 11) is 0. The highest BCUT2D eigenvalue weighted by Gasteiger charge is 2.32. The van der Waals surface area contributed by atoms with Gasteiger partial charge in [0.2, 0.25) is 11.8 Å². The van der Waals surface area contributed by atoms with E-state index in [1.807, 2.05) is 0 Å². The van der Waals surface area contributed by atoms with Crippen molar-refractivity contribution in [2.75, 3.05) is 39.3 Å². The van der Waals surface area contributed by atoms with Crippen LogP contribution in [-0.4, -0.2) is 73.0 Å². The van der Waals surface area contributed by atoms with E-state index < -0.39 is 0 Å². The van der Waals surface area contributed by atoms with Crippen LogP contribution in [0.5, 0.6) is 0 Å². The Morgan fingerprint density at radius 3 is 1.00 bits per heavy atom. The van der Waals surface area contributed by atoms with Gasteiger partial charge in [-0.25, -0.2) is 0 Å². The lowest BCUT2D eigenvalue weighted by atomic mass is 10.0. The zero-order valence-electron chi connectivity index (χ0n) is 31.5. The molecule has 0 saturated carbocycles.